The fourth-order valence-electron chi connectivity index (χ4n) is 6.10. The highest BCUT2D eigenvalue weighted by atomic mass is 19.1. The van der Waals surface area contributed by atoms with Gasteiger partial charge in [0, 0.05) is 43.2 Å². The van der Waals surface area contributed by atoms with Crippen LogP contribution < -0.4 is 16.4 Å². The third-order valence-electron chi connectivity index (χ3n) is 8.56. The van der Waals surface area contributed by atoms with E-state index >= 15 is 0 Å². The number of nitrogens with two attached hydrogens (primary N) is 1. The van der Waals surface area contributed by atoms with Crippen LogP contribution in [-0.4, -0.2) is 56.9 Å². The topological polar surface area (TPSA) is 133 Å². The van der Waals surface area contributed by atoms with Crippen molar-refractivity contribution in [3.05, 3.63) is 30.0 Å². The number of methoxy groups -OCH3 is 1. The third kappa shape index (κ3) is 8.75. The molecule has 1 aromatic heterocycles. The van der Waals surface area contributed by atoms with Gasteiger partial charge in [0.05, 0.1) is 6.61 Å². The molecule has 226 valence electrons. The largest absolute Gasteiger partial charge is 0.460 e. The summed E-state index contributed by atoms with van der Waals surface area (Å²) < 4.78 is 28.8. The minimum Gasteiger partial charge on any atom is -0.460 e. The molecule has 41 heavy (non-hydrogen) atoms. The van der Waals surface area contributed by atoms with E-state index < -0.39 is 24.7 Å². The van der Waals surface area contributed by atoms with Gasteiger partial charge in [-0.15, -0.1) is 0 Å². The molecule has 2 fully saturated rings. The van der Waals surface area contributed by atoms with Gasteiger partial charge in [-0.2, -0.15) is 0 Å². The zero-order valence-electron chi connectivity index (χ0n) is 24.0. The molecule has 2 atom stereocenters. The van der Waals surface area contributed by atoms with Crippen LogP contribution in [-0.2, 0) is 19.1 Å². The van der Waals surface area contributed by atoms with Crippen molar-refractivity contribution >= 4 is 34.4 Å². The number of anilines is 1. The summed E-state index contributed by atoms with van der Waals surface area (Å²) in [5, 5.41) is 6.67. The fraction of sp³-hybridized carbons (Fsp3) is 0.645. The van der Waals surface area contributed by atoms with Gasteiger partial charge in [0.15, 0.2) is 0 Å². The van der Waals surface area contributed by atoms with Crippen LogP contribution in [0.5, 0.6) is 0 Å². The summed E-state index contributed by atoms with van der Waals surface area (Å²) in [4.78, 5) is 39.1. The Kier molecular flexibility index (Phi) is 11.6. The molecule has 0 aliphatic heterocycles. The average Bonchev–Trinajstić information content (AvgIpc) is 3.43. The Morgan fingerprint density at radius 3 is 2.51 bits per heavy atom. The number of carbonyl (C=O) groups is 3. The molecular weight excluding hydrogens is 529 g/mol. The number of furan rings is 1. The molecule has 1 unspecified atom stereocenters. The smallest absolute Gasteiger partial charge is 0.374 e. The molecule has 1 aromatic carbocycles. The molecule has 2 aromatic rings. The highest BCUT2D eigenvalue weighted by molar-refractivity contribution is 5.99. The summed E-state index contributed by atoms with van der Waals surface area (Å²) >= 11 is 0. The van der Waals surface area contributed by atoms with Crippen molar-refractivity contribution in [1.82, 2.24) is 5.32 Å². The van der Waals surface area contributed by atoms with Crippen LogP contribution in [0.15, 0.2) is 28.7 Å². The van der Waals surface area contributed by atoms with Crippen molar-refractivity contribution in [3.63, 3.8) is 0 Å². The van der Waals surface area contributed by atoms with E-state index in [1.807, 2.05) is 0 Å². The van der Waals surface area contributed by atoms with Gasteiger partial charge in [0.25, 0.3) is 0 Å². The minimum absolute atomic E-state index is 0.0884. The molecule has 0 saturated heterocycles. The van der Waals surface area contributed by atoms with Crippen LogP contribution in [0.2, 0.25) is 0 Å². The molecule has 0 radical (unpaired) electrons. The lowest BCUT2D eigenvalue weighted by atomic mass is 9.78. The first kappa shape index (κ1) is 31.0. The summed E-state index contributed by atoms with van der Waals surface area (Å²) in [5.74, 6) is -0.572. The normalized spacial score (nSPS) is 21.2. The lowest BCUT2D eigenvalue weighted by Crippen LogP contribution is -2.48. The summed E-state index contributed by atoms with van der Waals surface area (Å²) in [5.41, 5.74) is 6.94. The molecule has 4 N–H and O–H groups in total. The molecule has 2 amide bonds. The first-order valence-electron chi connectivity index (χ1n) is 15.0. The van der Waals surface area contributed by atoms with E-state index in [1.54, 1.807) is 31.4 Å². The van der Waals surface area contributed by atoms with Crippen molar-refractivity contribution in [2.24, 2.45) is 23.5 Å². The molecule has 0 spiro atoms. The summed E-state index contributed by atoms with van der Waals surface area (Å²) in [6.07, 6.45) is 9.50. The lowest BCUT2D eigenvalue weighted by Gasteiger charge is -2.32. The number of amides is 2. The Balaban J connectivity index is 1.39. The van der Waals surface area contributed by atoms with E-state index in [4.69, 9.17) is 19.6 Å². The number of ether oxygens (including phenoxy) is 2. The summed E-state index contributed by atoms with van der Waals surface area (Å²) in [7, 11) is 1.59. The summed E-state index contributed by atoms with van der Waals surface area (Å²) in [6.45, 7) is 0.177. The van der Waals surface area contributed by atoms with Crippen LogP contribution in [0, 0.1) is 17.8 Å². The van der Waals surface area contributed by atoms with Crippen molar-refractivity contribution in [2.45, 2.75) is 82.7 Å². The maximum absolute atomic E-state index is 13.5. The van der Waals surface area contributed by atoms with Gasteiger partial charge in [0.2, 0.25) is 17.6 Å². The molecule has 10 heteroatoms. The van der Waals surface area contributed by atoms with E-state index in [0.717, 1.165) is 38.5 Å². The molecule has 2 aliphatic rings. The van der Waals surface area contributed by atoms with Gasteiger partial charge in [-0.1, -0.05) is 32.1 Å². The van der Waals surface area contributed by atoms with Gasteiger partial charge in [-0.05, 0) is 68.2 Å². The van der Waals surface area contributed by atoms with E-state index in [1.165, 1.54) is 6.42 Å². The number of rotatable bonds is 13. The van der Waals surface area contributed by atoms with Gasteiger partial charge >= 0.3 is 5.97 Å². The Hall–Kier alpha value is -2.98. The van der Waals surface area contributed by atoms with Crippen molar-refractivity contribution in [1.29, 1.82) is 0 Å². The van der Waals surface area contributed by atoms with Crippen LogP contribution in [0.4, 0.5) is 10.1 Å². The first-order valence-corrected chi connectivity index (χ1v) is 15.0. The molecule has 4 rings (SSSR count). The number of fused-ring (bicyclic) bond motifs is 1. The number of alkyl halides is 1. The zero-order chi connectivity index (χ0) is 29.2. The first-order chi connectivity index (χ1) is 19.9. The average molecular weight is 574 g/mol. The van der Waals surface area contributed by atoms with Gasteiger partial charge < -0.3 is 30.3 Å². The minimum atomic E-state index is -0.658. The SMILES string of the molecule is COCCCOC(=O)c1cc2cc(NC(=O)[C@H](CC3CCCCC3)NC(=O)C3CCC(C(N)CF)CC3)ccc2o1. The Labute approximate surface area is 241 Å². The predicted molar refractivity (Wildman–Crippen MR) is 154 cm³/mol. The highest BCUT2D eigenvalue weighted by Crippen LogP contribution is 2.32. The highest BCUT2D eigenvalue weighted by Gasteiger charge is 2.32. The standard InChI is InChI=1S/C31H44FN3O6/c1-39-14-5-15-40-31(38)28-18-23-17-24(12-13-27(23)41-28)34-30(37)26(16-20-6-3-2-4-7-20)35-29(36)22-10-8-21(9-11-22)25(33)19-32/h12-13,17-18,20-22,25-26H,2-11,14-16,19,33H2,1H3,(H,34,37)(H,35,36)/t21?,22?,25?,26-/m0/s1. The zero-order valence-corrected chi connectivity index (χ0v) is 24.0. The van der Waals surface area contributed by atoms with Crippen LogP contribution in [0.3, 0.4) is 0 Å². The monoisotopic (exact) mass is 573 g/mol. The van der Waals surface area contributed by atoms with Crippen LogP contribution in [0.1, 0.15) is 81.2 Å². The van der Waals surface area contributed by atoms with Crippen molar-refractivity contribution < 1.29 is 32.7 Å². The Morgan fingerprint density at radius 2 is 1.80 bits per heavy atom. The molecule has 0 bridgehead atoms. The Bertz CT molecular complexity index is 1160. The lowest BCUT2D eigenvalue weighted by molar-refractivity contribution is -0.130. The second kappa shape index (κ2) is 15.3. The fourth-order valence-corrected chi connectivity index (χ4v) is 6.10. The van der Waals surface area contributed by atoms with E-state index in [9.17, 15) is 18.8 Å². The summed E-state index contributed by atoms with van der Waals surface area (Å²) in [6, 6.07) is 5.62. The van der Waals surface area contributed by atoms with E-state index in [0.29, 0.717) is 54.9 Å². The van der Waals surface area contributed by atoms with Gasteiger partial charge in [-0.25, -0.2) is 9.18 Å². The number of hydrogen-bond donors (Lipinski definition) is 3. The number of halogens is 1. The Morgan fingerprint density at radius 1 is 1.05 bits per heavy atom. The van der Waals surface area contributed by atoms with Gasteiger partial charge in [-0.3, -0.25) is 9.59 Å². The maximum atomic E-state index is 13.5. The van der Waals surface area contributed by atoms with Gasteiger partial charge in [0.1, 0.15) is 18.3 Å². The number of esters is 1. The number of benzene rings is 1. The molecule has 1 heterocycles. The van der Waals surface area contributed by atoms with Crippen molar-refractivity contribution in [3.8, 4) is 0 Å². The van der Waals surface area contributed by atoms with E-state index in [-0.39, 0.29) is 36.0 Å². The van der Waals surface area contributed by atoms with Crippen LogP contribution >= 0.6 is 0 Å². The third-order valence-corrected chi connectivity index (χ3v) is 8.56. The van der Waals surface area contributed by atoms with Crippen LogP contribution in [0.25, 0.3) is 11.0 Å². The molecule has 9 nitrogen and oxygen atoms in total. The molecule has 2 aliphatic carbocycles. The number of hydrogen-bond acceptors (Lipinski definition) is 7. The predicted octanol–water partition coefficient (Wildman–Crippen LogP) is 5.12. The van der Waals surface area contributed by atoms with Crippen molar-refractivity contribution in [2.75, 3.05) is 32.3 Å². The molecular formula is C31H44FN3O6. The number of carbonyl (C=O) groups excluding carboxylic acids is 3. The maximum Gasteiger partial charge on any atom is 0.374 e. The second-order valence-electron chi connectivity index (χ2n) is 11.6. The van der Waals surface area contributed by atoms with E-state index in [2.05, 4.69) is 10.6 Å². The molecule has 2 saturated carbocycles. The second-order valence-corrected chi connectivity index (χ2v) is 11.6. The number of nitrogens with one attached hydrogen (secondary N) is 2. The quantitative estimate of drug-likeness (QED) is 0.224.